The van der Waals surface area contributed by atoms with Gasteiger partial charge in [0.1, 0.15) is 0 Å². The maximum Gasteiger partial charge on any atom is 0.0586 e. The quantitative estimate of drug-likeness (QED) is 0.872. The summed E-state index contributed by atoms with van der Waals surface area (Å²) >= 11 is 5.85. The molecule has 1 aromatic carbocycles. The van der Waals surface area contributed by atoms with Crippen LogP contribution in [0.4, 0.5) is 0 Å². The maximum atomic E-state index is 9.23. The van der Waals surface area contributed by atoms with Gasteiger partial charge in [0.05, 0.1) is 6.61 Å². The first kappa shape index (κ1) is 12.9. The van der Waals surface area contributed by atoms with Crippen LogP contribution in [-0.4, -0.2) is 35.7 Å². The third kappa shape index (κ3) is 3.70. The molecule has 1 aliphatic rings. The molecule has 3 heteroatoms. The monoisotopic (exact) mass is 253 g/mol. The van der Waals surface area contributed by atoms with Crippen LogP contribution in [-0.2, 0) is 6.42 Å². The van der Waals surface area contributed by atoms with E-state index in [1.54, 1.807) is 0 Å². The summed E-state index contributed by atoms with van der Waals surface area (Å²) in [6.07, 6.45) is 4.62. The number of rotatable bonds is 5. The van der Waals surface area contributed by atoms with Crippen LogP contribution in [0.1, 0.15) is 24.8 Å². The number of hydrogen-bond donors (Lipinski definition) is 1. The Morgan fingerprint density at radius 2 is 2.06 bits per heavy atom. The van der Waals surface area contributed by atoms with Crippen LogP contribution in [0.2, 0.25) is 5.02 Å². The minimum Gasteiger partial charge on any atom is -0.395 e. The van der Waals surface area contributed by atoms with Crippen molar-refractivity contribution in [2.45, 2.75) is 31.7 Å². The van der Waals surface area contributed by atoms with Crippen LogP contribution in [0.3, 0.4) is 0 Å². The first-order chi connectivity index (χ1) is 8.29. The van der Waals surface area contributed by atoms with Gasteiger partial charge in [-0.3, -0.25) is 4.90 Å². The number of likely N-dealkylation sites (tertiary alicyclic amines) is 1. The second-order valence-corrected chi connectivity index (χ2v) is 5.18. The molecule has 17 heavy (non-hydrogen) atoms. The summed E-state index contributed by atoms with van der Waals surface area (Å²) in [4.78, 5) is 2.41. The molecule has 1 saturated heterocycles. The topological polar surface area (TPSA) is 23.5 Å². The largest absolute Gasteiger partial charge is 0.395 e. The van der Waals surface area contributed by atoms with Gasteiger partial charge in [0.2, 0.25) is 0 Å². The van der Waals surface area contributed by atoms with E-state index in [2.05, 4.69) is 17.0 Å². The molecule has 94 valence electrons. The van der Waals surface area contributed by atoms with Crippen molar-refractivity contribution in [3.8, 4) is 0 Å². The zero-order valence-electron chi connectivity index (χ0n) is 10.1. The molecule has 1 fully saturated rings. The third-order valence-corrected chi connectivity index (χ3v) is 3.79. The first-order valence-electron chi connectivity index (χ1n) is 6.39. The fourth-order valence-electron chi connectivity index (χ4n) is 2.53. The molecule has 0 unspecified atom stereocenters. The summed E-state index contributed by atoms with van der Waals surface area (Å²) < 4.78 is 0. The van der Waals surface area contributed by atoms with Crippen molar-refractivity contribution >= 4 is 11.6 Å². The van der Waals surface area contributed by atoms with E-state index >= 15 is 0 Å². The van der Waals surface area contributed by atoms with Crippen molar-refractivity contribution in [1.82, 2.24) is 4.90 Å². The van der Waals surface area contributed by atoms with Crippen molar-refractivity contribution in [2.75, 3.05) is 19.7 Å². The molecule has 0 bridgehead atoms. The number of nitrogens with zero attached hydrogens (tertiary/aromatic N) is 1. The van der Waals surface area contributed by atoms with Crippen molar-refractivity contribution in [3.63, 3.8) is 0 Å². The molecule has 0 aromatic heterocycles. The molecular formula is C14H20ClNO. The van der Waals surface area contributed by atoms with Gasteiger partial charge in [-0.25, -0.2) is 0 Å². The highest BCUT2D eigenvalue weighted by Gasteiger charge is 2.22. The number of halogens is 1. The molecule has 0 amide bonds. The maximum absolute atomic E-state index is 9.23. The zero-order valence-corrected chi connectivity index (χ0v) is 10.9. The van der Waals surface area contributed by atoms with Gasteiger partial charge >= 0.3 is 0 Å². The van der Waals surface area contributed by atoms with Gasteiger partial charge in [-0.15, -0.1) is 0 Å². The molecule has 1 N–H and O–H groups in total. The molecular weight excluding hydrogens is 234 g/mol. The molecule has 2 nitrogen and oxygen atoms in total. The standard InChI is InChI=1S/C14H20ClNO/c15-13-7-5-12(6-8-13)3-1-9-16-10-2-4-14(16)11-17/h5-8,14,17H,1-4,9-11H2/t14-/m1/s1. The Hall–Kier alpha value is -0.570. The Kier molecular flexibility index (Phi) is 4.84. The van der Waals surface area contributed by atoms with Crippen LogP contribution in [0.15, 0.2) is 24.3 Å². The summed E-state index contributed by atoms with van der Waals surface area (Å²) in [6.45, 7) is 2.54. The first-order valence-corrected chi connectivity index (χ1v) is 6.77. The van der Waals surface area contributed by atoms with E-state index in [1.807, 2.05) is 12.1 Å². The molecule has 0 radical (unpaired) electrons. The van der Waals surface area contributed by atoms with Gasteiger partial charge < -0.3 is 5.11 Å². The van der Waals surface area contributed by atoms with Crippen molar-refractivity contribution in [2.24, 2.45) is 0 Å². The highest BCUT2D eigenvalue weighted by atomic mass is 35.5. The predicted molar refractivity (Wildman–Crippen MR) is 71.5 cm³/mol. The van der Waals surface area contributed by atoms with Crippen LogP contribution >= 0.6 is 11.6 Å². The van der Waals surface area contributed by atoms with Gasteiger partial charge in [-0.2, -0.15) is 0 Å². The Bertz CT molecular complexity index is 339. The fourth-order valence-corrected chi connectivity index (χ4v) is 2.66. The third-order valence-electron chi connectivity index (χ3n) is 3.53. The second-order valence-electron chi connectivity index (χ2n) is 4.74. The van der Waals surface area contributed by atoms with Gasteiger partial charge in [0.15, 0.2) is 0 Å². The molecule has 1 aliphatic heterocycles. The highest BCUT2D eigenvalue weighted by Crippen LogP contribution is 2.17. The van der Waals surface area contributed by atoms with E-state index in [-0.39, 0.29) is 0 Å². The van der Waals surface area contributed by atoms with Crippen LogP contribution in [0, 0.1) is 0 Å². The summed E-state index contributed by atoms with van der Waals surface area (Å²) in [7, 11) is 0. The predicted octanol–water partition coefficient (Wildman–Crippen LogP) is 2.73. The Morgan fingerprint density at radius 1 is 1.29 bits per heavy atom. The molecule has 0 saturated carbocycles. The van der Waals surface area contributed by atoms with Gasteiger partial charge in [0, 0.05) is 11.1 Å². The lowest BCUT2D eigenvalue weighted by Gasteiger charge is -2.22. The van der Waals surface area contributed by atoms with Crippen LogP contribution in [0.25, 0.3) is 0 Å². The smallest absolute Gasteiger partial charge is 0.0586 e. The Labute approximate surface area is 108 Å². The van der Waals surface area contributed by atoms with E-state index < -0.39 is 0 Å². The number of benzene rings is 1. The van der Waals surface area contributed by atoms with E-state index in [9.17, 15) is 5.11 Å². The molecule has 0 aliphatic carbocycles. The minimum absolute atomic E-state index is 0.306. The summed E-state index contributed by atoms with van der Waals surface area (Å²) in [6, 6.07) is 8.48. The molecule has 1 aromatic rings. The zero-order chi connectivity index (χ0) is 12.1. The normalized spacial score (nSPS) is 20.9. The Morgan fingerprint density at radius 3 is 2.76 bits per heavy atom. The molecule has 1 atom stereocenters. The van der Waals surface area contributed by atoms with Gasteiger partial charge in [-0.1, -0.05) is 23.7 Å². The summed E-state index contributed by atoms with van der Waals surface area (Å²) in [5.41, 5.74) is 1.34. The molecule has 1 heterocycles. The summed E-state index contributed by atoms with van der Waals surface area (Å²) in [5, 5.41) is 10.0. The summed E-state index contributed by atoms with van der Waals surface area (Å²) in [5.74, 6) is 0. The van der Waals surface area contributed by atoms with Crippen molar-refractivity contribution in [3.05, 3.63) is 34.9 Å². The lowest BCUT2D eigenvalue weighted by molar-refractivity contribution is 0.158. The Balaban J connectivity index is 1.74. The molecule has 0 spiro atoms. The van der Waals surface area contributed by atoms with E-state index in [0.29, 0.717) is 12.6 Å². The van der Waals surface area contributed by atoms with Crippen molar-refractivity contribution in [1.29, 1.82) is 0 Å². The lowest BCUT2D eigenvalue weighted by atomic mass is 10.1. The lowest BCUT2D eigenvalue weighted by Crippen LogP contribution is -2.33. The van der Waals surface area contributed by atoms with E-state index in [4.69, 9.17) is 11.6 Å². The average Bonchev–Trinajstić information content (AvgIpc) is 2.79. The highest BCUT2D eigenvalue weighted by molar-refractivity contribution is 6.30. The SMILES string of the molecule is OC[C@H]1CCCN1CCCc1ccc(Cl)cc1. The fraction of sp³-hybridized carbons (Fsp3) is 0.571. The minimum atomic E-state index is 0.306. The second kappa shape index (κ2) is 6.39. The number of aryl methyl sites for hydroxylation is 1. The van der Waals surface area contributed by atoms with E-state index in [0.717, 1.165) is 37.4 Å². The van der Waals surface area contributed by atoms with E-state index in [1.165, 1.54) is 12.0 Å². The average molecular weight is 254 g/mol. The number of aliphatic hydroxyl groups excluding tert-OH is 1. The van der Waals surface area contributed by atoms with Crippen molar-refractivity contribution < 1.29 is 5.11 Å². The number of aliphatic hydroxyl groups is 1. The van der Waals surface area contributed by atoms with Gasteiger partial charge in [-0.05, 0) is 56.5 Å². The number of hydrogen-bond acceptors (Lipinski definition) is 2. The molecule has 2 rings (SSSR count). The van der Waals surface area contributed by atoms with Crippen LogP contribution in [0.5, 0.6) is 0 Å². The van der Waals surface area contributed by atoms with Gasteiger partial charge in [0.25, 0.3) is 0 Å². The van der Waals surface area contributed by atoms with Crippen LogP contribution < -0.4 is 0 Å².